The van der Waals surface area contributed by atoms with Crippen molar-refractivity contribution in [3.63, 3.8) is 0 Å². The predicted octanol–water partition coefficient (Wildman–Crippen LogP) is 3.32. The van der Waals surface area contributed by atoms with Crippen molar-refractivity contribution in [1.82, 2.24) is 0 Å². The van der Waals surface area contributed by atoms with Crippen molar-refractivity contribution in [1.29, 1.82) is 0 Å². The second-order valence-electron chi connectivity index (χ2n) is 5.18. The molecule has 0 aliphatic carbocycles. The van der Waals surface area contributed by atoms with E-state index in [-0.39, 0.29) is 0 Å². The van der Waals surface area contributed by atoms with Crippen LogP contribution in [0.15, 0.2) is 22.7 Å². The minimum Gasteiger partial charge on any atom is -0.368 e. The molecule has 0 amide bonds. The van der Waals surface area contributed by atoms with Gasteiger partial charge in [0.05, 0.1) is 0 Å². The summed E-state index contributed by atoms with van der Waals surface area (Å²) in [6, 6.07) is 7.34. The van der Waals surface area contributed by atoms with Gasteiger partial charge in [0, 0.05) is 28.8 Å². The van der Waals surface area contributed by atoms with E-state index in [0.717, 1.165) is 17.4 Å². The number of nitrogens with zero attached hydrogens (tertiary/aromatic N) is 1. The van der Waals surface area contributed by atoms with E-state index in [1.165, 1.54) is 11.3 Å². The third-order valence-electron chi connectivity index (χ3n) is 4.11. The molecule has 2 nitrogen and oxygen atoms in total. The molecule has 1 aromatic carbocycles. The lowest BCUT2D eigenvalue weighted by Gasteiger charge is -2.43. The molecule has 1 saturated heterocycles. The first-order valence-electron chi connectivity index (χ1n) is 6.29. The molecule has 1 heterocycles. The molecule has 3 unspecified atom stereocenters. The number of rotatable bonds is 1. The molecule has 1 fully saturated rings. The Balaban J connectivity index is 2.30. The molecular formula is C14H21BrN2. The molecule has 0 radical (unpaired) electrons. The van der Waals surface area contributed by atoms with Crippen LogP contribution in [0.1, 0.15) is 25.8 Å². The van der Waals surface area contributed by atoms with Gasteiger partial charge in [-0.2, -0.15) is 0 Å². The highest BCUT2D eigenvalue weighted by molar-refractivity contribution is 9.10. The van der Waals surface area contributed by atoms with Crippen molar-refractivity contribution >= 4 is 21.6 Å². The Labute approximate surface area is 112 Å². The van der Waals surface area contributed by atoms with Crippen LogP contribution in [0.5, 0.6) is 0 Å². The summed E-state index contributed by atoms with van der Waals surface area (Å²) in [5, 5.41) is 0. The van der Waals surface area contributed by atoms with E-state index in [1.54, 1.807) is 0 Å². The van der Waals surface area contributed by atoms with Crippen LogP contribution in [0, 0.1) is 12.8 Å². The van der Waals surface area contributed by atoms with Gasteiger partial charge < -0.3 is 10.6 Å². The third-order valence-corrected chi connectivity index (χ3v) is 4.61. The van der Waals surface area contributed by atoms with Gasteiger partial charge in [0.15, 0.2) is 0 Å². The maximum absolute atomic E-state index is 6.14. The maximum Gasteiger partial charge on any atom is 0.0409 e. The normalized spacial score (nSPS) is 29.5. The lowest BCUT2D eigenvalue weighted by molar-refractivity contribution is 0.315. The Hall–Kier alpha value is -0.540. The van der Waals surface area contributed by atoms with Crippen molar-refractivity contribution in [2.75, 3.05) is 11.4 Å². The summed E-state index contributed by atoms with van der Waals surface area (Å²) < 4.78 is 1.15. The molecular weight excluding hydrogens is 276 g/mol. The fraction of sp³-hybridized carbons (Fsp3) is 0.571. The summed E-state index contributed by atoms with van der Waals surface area (Å²) in [4.78, 5) is 2.49. The standard InChI is InChI=1S/C14H21BrN2/c1-9-4-5-12(15)8-14(9)17-7-6-13(16)10(2)11(17)3/h4-5,8,10-11,13H,6-7,16H2,1-3H3. The number of nitrogens with two attached hydrogens (primary N) is 1. The summed E-state index contributed by atoms with van der Waals surface area (Å²) in [6.45, 7) is 7.77. The van der Waals surface area contributed by atoms with Crippen LogP contribution in [0.25, 0.3) is 0 Å². The maximum atomic E-state index is 6.14. The predicted molar refractivity (Wildman–Crippen MR) is 77.4 cm³/mol. The van der Waals surface area contributed by atoms with Gasteiger partial charge in [0.1, 0.15) is 0 Å². The highest BCUT2D eigenvalue weighted by Crippen LogP contribution is 2.31. The van der Waals surface area contributed by atoms with E-state index >= 15 is 0 Å². The van der Waals surface area contributed by atoms with Crippen molar-refractivity contribution in [2.45, 2.75) is 39.3 Å². The van der Waals surface area contributed by atoms with Crippen LogP contribution in [0.4, 0.5) is 5.69 Å². The molecule has 17 heavy (non-hydrogen) atoms. The Bertz CT molecular complexity index is 405. The average molecular weight is 297 g/mol. The minimum absolute atomic E-state index is 0.341. The third kappa shape index (κ3) is 2.50. The number of aryl methyl sites for hydroxylation is 1. The van der Waals surface area contributed by atoms with Gasteiger partial charge in [0.2, 0.25) is 0 Å². The zero-order valence-electron chi connectivity index (χ0n) is 10.8. The highest BCUT2D eigenvalue weighted by Gasteiger charge is 2.30. The monoisotopic (exact) mass is 296 g/mol. The highest BCUT2D eigenvalue weighted by atomic mass is 79.9. The molecule has 1 aliphatic rings. The molecule has 0 aromatic heterocycles. The van der Waals surface area contributed by atoms with Crippen LogP contribution in [0.2, 0.25) is 0 Å². The van der Waals surface area contributed by atoms with Crippen LogP contribution in [0.3, 0.4) is 0 Å². The summed E-state index contributed by atoms with van der Waals surface area (Å²) in [6.07, 6.45) is 1.08. The van der Waals surface area contributed by atoms with Gasteiger partial charge in [-0.15, -0.1) is 0 Å². The summed E-state index contributed by atoms with van der Waals surface area (Å²) in [7, 11) is 0. The summed E-state index contributed by atoms with van der Waals surface area (Å²) >= 11 is 3.56. The number of hydrogen-bond donors (Lipinski definition) is 1. The Morgan fingerprint density at radius 1 is 1.35 bits per heavy atom. The molecule has 3 atom stereocenters. The smallest absolute Gasteiger partial charge is 0.0409 e. The Morgan fingerprint density at radius 3 is 2.76 bits per heavy atom. The second kappa shape index (κ2) is 4.99. The van der Waals surface area contributed by atoms with Crippen LogP contribution in [-0.2, 0) is 0 Å². The molecule has 1 aromatic rings. The summed E-state index contributed by atoms with van der Waals surface area (Å²) in [5.74, 6) is 0.544. The van der Waals surface area contributed by atoms with E-state index < -0.39 is 0 Å². The first-order valence-corrected chi connectivity index (χ1v) is 7.08. The number of hydrogen-bond acceptors (Lipinski definition) is 2. The first-order chi connectivity index (χ1) is 8.00. The molecule has 0 spiro atoms. The van der Waals surface area contributed by atoms with Gasteiger partial charge in [0.25, 0.3) is 0 Å². The largest absolute Gasteiger partial charge is 0.368 e. The quantitative estimate of drug-likeness (QED) is 0.861. The number of halogens is 1. The average Bonchev–Trinajstić information content (AvgIpc) is 2.30. The van der Waals surface area contributed by atoms with Crippen molar-refractivity contribution in [2.24, 2.45) is 11.7 Å². The van der Waals surface area contributed by atoms with E-state index in [1.807, 2.05) is 0 Å². The van der Waals surface area contributed by atoms with Gasteiger partial charge >= 0.3 is 0 Å². The minimum atomic E-state index is 0.341. The van der Waals surface area contributed by atoms with Crippen LogP contribution >= 0.6 is 15.9 Å². The molecule has 2 rings (SSSR count). The van der Waals surface area contributed by atoms with Crippen molar-refractivity contribution < 1.29 is 0 Å². The number of anilines is 1. The fourth-order valence-electron chi connectivity index (χ4n) is 2.63. The second-order valence-corrected chi connectivity index (χ2v) is 6.09. The lowest BCUT2D eigenvalue weighted by Crippen LogP contribution is -2.52. The van der Waals surface area contributed by atoms with Gasteiger partial charge in [-0.1, -0.05) is 28.9 Å². The van der Waals surface area contributed by atoms with E-state index in [0.29, 0.717) is 18.0 Å². The zero-order chi connectivity index (χ0) is 12.6. The fourth-order valence-corrected chi connectivity index (χ4v) is 2.98. The topological polar surface area (TPSA) is 29.3 Å². The molecule has 2 N–H and O–H groups in total. The zero-order valence-corrected chi connectivity index (χ0v) is 12.4. The van der Waals surface area contributed by atoms with Gasteiger partial charge in [-0.05, 0) is 43.9 Å². The van der Waals surface area contributed by atoms with Crippen molar-refractivity contribution in [3.05, 3.63) is 28.2 Å². The Kier molecular flexibility index (Phi) is 3.79. The van der Waals surface area contributed by atoms with E-state index in [9.17, 15) is 0 Å². The summed E-state index contributed by atoms with van der Waals surface area (Å²) in [5.41, 5.74) is 8.82. The SMILES string of the molecule is Cc1ccc(Br)cc1N1CCC(N)C(C)C1C. The molecule has 0 bridgehead atoms. The van der Waals surface area contributed by atoms with Gasteiger partial charge in [-0.3, -0.25) is 0 Å². The number of benzene rings is 1. The molecule has 3 heteroatoms. The number of piperidine rings is 1. The molecule has 0 saturated carbocycles. The first kappa shape index (κ1) is 12.9. The molecule has 94 valence electrons. The molecule has 1 aliphatic heterocycles. The van der Waals surface area contributed by atoms with Crippen LogP contribution < -0.4 is 10.6 Å². The van der Waals surface area contributed by atoms with Crippen molar-refractivity contribution in [3.8, 4) is 0 Å². The Morgan fingerprint density at radius 2 is 2.06 bits per heavy atom. The van der Waals surface area contributed by atoms with E-state index in [4.69, 9.17) is 5.73 Å². The lowest BCUT2D eigenvalue weighted by atomic mass is 9.87. The van der Waals surface area contributed by atoms with Gasteiger partial charge in [-0.25, -0.2) is 0 Å². The van der Waals surface area contributed by atoms with Crippen LogP contribution in [-0.4, -0.2) is 18.6 Å². The van der Waals surface area contributed by atoms with E-state index in [2.05, 4.69) is 59.8 Å².